The molecule has 2 rings (SSSR count). The molecular formula is C16H32N2S. The molecule has 2 fully saturated rings. The van der Waals surface area contributed by atoms with Crippen LogP contribution in [0.15, 0.2) is 0 Å². The van der Waals surface area contributed by atoms with Crippen LogP contribution in [0.3, 0.4) is 0 Å². The number of rotatable bonds is 5. The summed E-state index contributed by atoms with van der Waals surface area (Å²) in [5.41, 5.74) is 0.783. The molecule has 1 saturated carbocycles. The zero-order valence-corrected chi connectivity index (χ0v) is 14.0. The molecule has 0 bridgehead atoms. The number of nitrogens with zero attached hydrogens (tertiary/aromatic N) is 1. The Hall–Kier alpha value is 0.270. The number of piperazine rings is 1. The van der Waals surface area contributed by atoms with Gasteiger partial charge in [-0.05, 0) is 51.2 Å². The Kier molecular flexibility index (Phi) is 5.62. The number of hydrogen-bond acceptors (Lipinski definition) is 3. The molecule has 2 nitrogen and oxygen atoms in total. The summed E-state index contributed by atoms with van der Waals surface area (Å²) < 4.78 is 0. The highest BCUT2D eigenvalue weighted by molar-refractivity contribution is 7.99. The SMILES string of the molecule is CCSCCCN1CC(C)(C)NCC12CCCCC2. The van der Waals surface area contributed by atoms with Crippen LogP contribution in [0.5, 0.6) is 0 Å². The molecule has 1 aliphatic carbocycles. The number of nitrogens with one attached hydrogen (secondary N) is 1. The maximum absolute atomic E-state index is 3.80. The lowest BCUT2D eigenvalue weighted by molar-refractivity contribution is -0.00948. The Balaban J connectivity index is 1.95. The Bertz CT molecular complexity index is 272. The summed E-state index contributed by atoms with van der Waals surface area (Å²) in [6.07, 6.45) is 8.50. The van der Waals surface area contributed by atoms with E-state index in [1.165, 1.54) is 69.7 Å². The van der Waals surface area contributed by atoms with Gasteiger partial charge in [-0.25, -0.2) is 0 Å². The molecule has 0 atom stereocenters. The van der Waals surface area contributed by atoms with E-state index < -0.39 is 0 Å². The van der Waals surface area contributed by atoms with Gasteiger partial charge in [-0.3, -0.25) is 4.90 Å². The average Bonchev–Trinajstić information content (AvgIpc) is 2.40. The Labute approximate surface area is 124 Å². The fourth-order valence-corrected chi connectivity index (χ4v) is 4.36. The van der Waals surface area contributed by atoms with Crippen molar-refractivity contribution in [3.63, 3.8) is 0 Å². The van der Waals surface area contributed by atoms with Crippen molar-refractivity contribution in [1.29, 1.82) is 0 Å². The molecule has 0 radical (unpaired) electrons. The van der Waals surface area contributed by atoms with Crippen molar-refractivity contribution < 1.29 is 0 Å². The minimum Gasteiger partial charge on any atom is -0.309 e. The predicted molar refractivity (Wildman–Crippen MR) is 87.1 cm³/mol. The summed E-state index contributed by atoms with van der Waals surface area (Å²) in [5.74, 6) is 2.59. The van der Waals surface area contributed by atoms with E-state index in [0.717, 1.165) is 0 Å². The summed E-state index contributed by atoms with van der Waals surface area (Å²) in [5, 5.41) is 3.80. The maximum atomic E-state index is 3.80. The molecule has 112 valence electrons. The second-order valence-electron chi connectivity index (χ2n) is 6.99. The normalized spacial score (nSPS) is 26.7. The van der Waals surface area contributed by atoms with Gasteiger partial charge in [0.2, 0.25) is 0 Å². The van der Waals surface area contributed by atoms with Gasteiger partial charge in [0, 0.05) is 24.2 Å². The average molecular weight is 285 g/mol. The lowest BCUT2D eigenvalue weighted by atomic mass is 9.77. The van der Waals surface area contributed by atoms with Gasteiger partial charge >= 0.3 is 0 Å². The molecule has 1 saturated heterocycles. The van der Waals surface area contributed by atoms with Crippen LogP contribution in [-0.4, -0.2) is 47.1 Å². The lowest BCUT2D eigenvalue weighted by Gasteiger charge is -2.54. The van der Waals surface area contributed by atoms with E-state index in [2.05, 4.69) is 42.7 Å². The van der Waals surface area contributed by atoms with Crippen LogP contribution >= 0.6 is 11.8 Å². The van der Waals surface area contributed by atoms with E-state index in [-0.39, 0.29) is 0 Å². The van der Waals surface area contributed by atoms with Gasteiger partial charge in [0.25, 0.3) is 0 Å². The largest absolute Gasteiger partial charge is 0.309 e. The van der Waals surface area contributed by atoms with Crippen molar-refractivity contribution in [2.24, 2.45) is 0 Å². The molecule has 1 aliphatic heterocycles. The molecule has 1 N–H and O–H groups in total. The van der Waals surface area contributed by atoms with Gasteiger partial charge in [-0.15, -0.1) is 0 Å². The van der Waals surface area contributed by atoms with Crippen molar-refractivity contribution in [3.8, 4) is 0 Å². The fourth-order valence-electron chi connectivity index (χ4n) is 3.74. The summed E-state index contributed by atoms with van der Waals surface area (Å²) in [7, 11) is 0. The number of hydrogen-bond donors (Lipinski definition) is 1. The monoisotopic (exact) mass is 284 g/mol. The summed E-state index contributed by atoms with van der Waals surface area (Å²) >= 11 is 2.09. The first kappa shape index (κ1) is 15.7. The van der Waals surface area contributed by atoms with E-state index in [1.807, 2.05) is 0 Å². The van der Waals surface area contributed by atoms with E-state index in [9.17, 15) is 0 Å². The topological polar surface area (TPSA) is 15.3 Å². The highest BCUT2D eigenvalue weighted by Crippen LogP contribution is 2.37. The van der Waals surface area contributed by atoms with Gasteiger partial charge in [-0.1, -0.05) is 26.2 Å². The predicted octanol–water partition coefficient (Wildman–Crippen LogP) is 3.52. The first-order chi connectivity index (χ1) is 9.08. The van der Waals surface area contributed by atoms with Crippen LogP contribution in [0.25, 0.3) is 0 Å². The lowest BCUT2D eigenvalue weighted by Crippen LogP contribution is -2.68. The number of thioether (sulfide) groups is 1. The first-order valence-corrected chi connectivity index (χ1v) is 9.31. The van der Waals surface area contributed by atoms with Crippen molar-refractivity contribution >= 4 is 11.8 Å². The van der Waals surface area contributed by atoms with Crippen LogP contribution in [0, 0.1) is 0 Å². The maximum Gasteiger partial charge on any atom is 0.0334 e. The Morgan fingerprint density at radius 1 is 1.16 bits per heavy atom. The van der Waals surface area contributed by atoms with Crippen LogP contribution in [-0.2, 0) is 0 Å². The molecule has 1 heterocycles. The van der Waals surface area contributed by atoms with E-state index in [1.54, 1.807) is 0 Å². The second-order valence-corrected chi connectivity index (χ2v) is 8.39. The molecule has 1 spiro atoms. The third-order valence-corrected chi connectivity index (χ3v) is 5.84. The molecule has 0 aromatic rings. The smallest absolute Gasteiger partial charge is 0.0334 e. The highest BCUT2D eigenvalue weighted by Gasteiger charge is 2.43. The molecule has 0 aromatic carbocycles. The molecule has 0 aromatic heterocycles. The third kappa shape index (κ3) is 4.12. The van der Waals surface area contributed by atoms with Crippen LogP contribution in [0.4, 0.5) is 0 Å². The first-order valence-electron chi connectivity index (χ1n) is 8.16. The van der Waals surface area contributed by atoms with Crippen LogP contribution < -0.4 is 5.32 Å². The van der Waals surface area contributed by atoms with E-state index in [0.29, 0.717) is 11.1 Å². The van der Waals surface area contributed by atoms with E-state index >= 15 is 0 Å². The molecular weight excluding hydrogens is 252 g/mol. The van der Waals surface area contributed by atoms with Gasteiger partial charge in [0.1, 0.15) is 0 Å². The van der Waals surface area contributed by atoms with Gasteiger partial charge in [-0.2, -0.15) is 11.8 Å². The molecule has 0 amide bonds. The zero-order chi connectivity index (χ0) is 13.8. The van der Waals surface area contributed by atoms with Crippen molar-refractivity contribution in [3.05, 3.63) is 0 Å². The molecule has 2 aliphatic rings. The van der Waals surface area contributed by atoms with Crippen LogP contribution in [0.2, 0.25) is 0 Å². The summed E-state index contributed by atoms with van der Waals surface area (Å²) in [4.78, 5) is 2.85. The van der Waals surface area contributed by atoms with E-state index in [4.69, 9.17) is 0 Å². The minimum atomic E-state index is 0.292. The minimum absolute atomic E-state index is 0.292. The summed E-state index contributed by atoms with van der Waals surface area (Å²) in [6.45, 7) is 10.7. The second kappa shape index (κ2) is 6.82. The summed E-state index contributed by atoms with van der Waals surface area (Å²) in [6, 6.07) is 0. The van der Waals surface area contributed by atoms with Crippen molar-refractivity contribution in [2.75, 3.05) is 31.1 Å². The molecule has 19 heavy (non-hydrogen) atoms. The van der Waals surface area contributed by atoms with Gasteiger partial charge in [0.15, 0.2) is 0 Å². The Morgan fingerprint density at radius 2 is 1.89 bits per heavy atom. The molecule has 3 heteroatoms. The quantitative estimate of drug-likeness (QED) is 0.778. The zero-order valence-electron chi connectivity index (χ0n) is 13.1. The van der Waals surface area contributed by atoms with Crippen LogP contribution in [0.1, 0.15) is 59.3 Å². The Morgan fingerprint density at radius 3 is 2.58 bits per heavy atom. The fraction of sp³-hybridized carbons (Fsp3) is 1.00. The van der Waals surface area contributed by atoms with Crippen molar-refractivity contribution in [1.82, 2.24) is 10.2 Å². The van der Waals surface area contributed by atoms with Gasteiger partial charge in [0.05, 0.1) is 0 Å². The highest BCUT2D eigenvalue weighted by atomic mass is 32.2. The standard InChI is InChI=1S/C16H32N2S/c1-4-19-12-8-11-18-14-15(2,3)17-13-16(18)9-6-5-7-10-16/h17H,4-14H2,1-3H3. The van der Waals surface area contributed by atoms with Crippen molar-refractivity contribution in [2.45, 2.75) is 70.4 Å². The molecule has 0 unspecified atom stereocenters. The third-order valence-electron chi connectivity index (χ3n) is 4.86. The van der Waals surface area contributed by atoms with Gasteiger partial charge < -0.3 is 5.32 Å².